The third kappa shape index (κ3) is 14.4. The summed E-state index contributed by atoms with van der Waals surface area (Å²) < 4.78 is 5.46. The first-order valence-corrected chi connectivity index (χ1v) is 12.0. The summed E-state index contributed by atoms with van der Waals surface area (Å²) in [4.78, 5) is 21.1. The molecule has 1 atom stereocenters. The van der Waals surface area contributed by atoms with Gasteiger partial charge in [0.05, 0.1) is 0 Å². The molecule has 1 aliphatic rings. The van der Waals surface area contributed by atoms with Crippen LogP contribution in [0.3, 0.4) is 0 Å². The maximum absolute atomic E-state index is 12.2. The van der Waals surface area contributed by atoms with Gasteiger partial charge < -0.3 is 25.4 Å². The standard InChI is InChI=1S/C23H47N5O3.HI/c1-7-24-21(26-18-20(9-16-29)17-19(2)3)25-10-8-11-27-12-14-28(15-13-27)22(30)31-23(4,5)6;/h19-20,29H,7-18H2,1-6H3,(H2,24,25,26);1H. The SMILES string of the molecule is CCNC(=NCC(CCO)CC(C)C)NCCCN1CCN(C(=O)OC(C)(C)C)CC1.I. The van der Waals surface area contributed by atoms with Crippen LogP contribution in [-0.2, 0) is 4.74 Å². The average molecular weight is 570 g/mol. The number of carbonyl (C=O) groups is 1. The summed E-state index contributed by atoms with van der Waals surface area (Å²) in [5.41, 5.74) is -0.446. The molecule has 0 spiro atoms. The summed E-state index contributed by atoms with van der Waals surface area (Å²) in [5.74, 6) is 1.88. The Kier molecular flexibility index (Phi) is 16.3. The first-order chi connectivity index (χ1) is 14.6. The Balaban J connectivity index is 0.00000961. The van der Waals surface area contributed by atoms with Crippen LogP contribution in [0.15, 0.2) is 4.99 Å². The third-order valence-electron chi connectivity index (χ3n) is 5.16. The van der Waals surface area contributed by atoms with Gasteiger partial charge in [0.25, 0.3) is 0 Å². The van der Waals surface area contributed by atoms with E-state index in [1.807, 2.05) is 20.8 Å². The number of carbonyl (C=O) groups excluding carboxylic acids is 1. The fourth-order valence-electron chi connectivity index (χ4n) is 3.69. The number of nitrogens with zero attached hydrogens (tertiary/aromatic N) is 3. The Morgan fingerprint density at radius 2 is 1.81 bits per heavy atom. The van der Waals surface area contributed by atoms with Crippen LogP contribution in [-0.4, -0.2) is 91.5 Å². The predicted molar refractivity (Wildman–Crippen MR) is 143 cm³/mol. The number of hydrogen-bond acceptors (Lipinski definition) is 5. The molecular weight excluding hydrogens is 521 g/mol. The normalized spacial score (nSPS) is 16.5. The quantitative estimate of drug-likeness (QED) is 0.153. The topological polar surface area (TPSA) is 89.4 Å². The van der Waals surface area contributed by atoms with Crippen molar-refractivity contribution in [2.75, 3.05) is 59.0 Å². The van der Waals surface area contributed by atoms with Crippen LogP contribution in [0.1, 0.15) is 60.8 Å². The van der Waals surface area contributed by atoms with Gasteiger partial charge in [0.15, 0.2) is 5.96 Å². The van der Waals surface area contributed by atoms with E-state index >= 15 is 0 Å². The van der Waals surface area contributed by atoms with Gasteiger partial charge in [-0.15, -0.1) is 24.0 Å². The highest BCUT2D eigenvalue weighted by Gasteiger charge is 2.25. The van der Waals surface area contributed by atoms with E-state index < -0.39 is 5.60 Å². The van der Waals surface area contributed by atoms with Gasteiger partial charge in [-0.05, 0) is 65.3 Å². The lowest BCUT2D eigenvalue weighted by Crippen LogP contribution is -2.50. The van der Waals surface area contributed by atoms with Crippen LogP contribution in [0, 0.1) is 11.8 Å². The molecule has 0 radical (unpaired) electrons. The first-order valence-electron chi connectivity index (χ1n) is 12.0. The van der Waals surface area contributed by atoms with E-state index in [9.17, 15) is 9.90 Å². The van der Waals surface area contributed by atoms with Crippen LogP contribution >= 0.6 is 24.0 Å². The largest absolute Gasteiger partial charge is 0.444 e. The molecule has 32 heavy (non-hydrogen) atoms. The van der Waals surface area contributed by atoms with Gasteiger partial charge in [0.1, 0.15) is 5.60 Å². The molecule has 1 heterocycles. The van der Waals surface area contributed by atoms with Crippen molar-refractivity contribution in [3.63, 3.8) is 0 Å². The number of guanidine groups is 1. The van der Waals surface area contributed by atoms with Gasteiger partial charge in [0.2, 0.25) is 0 Å². The van der Waals surface area contributed by atoms with Crippen LogP contribution in [0.2, 0.25) is 0 Å². The van der Waals surface area contributed by atoms with Gasteiger partial charge in [0, 0.05) is 52.4 Å². The Morgan fingerprint density at radius 1 is 1.16 bits per heavy atom. The van der Waals surface area contributed by atoms with Gasteiger partial charge in [-0.25, -0.2) is 4.79 Å². The maximum atomic E-state index is 12.2. The summed E-state index contributed by atoms with van der Waals surface area (Å²) in [7, 11) is 0. The number of amides is 1. The molecule has 1 amide bonds. The Labute approximate surface area is 212 Å². The van der Waals surface area contributed by atoms with Crippen molar-refractivity contribution >= 4 is 36.0 Å². The van der Waals surface area contributed by atoms with Crippen molar-refractivity contribution in [2.45, 2.75) is 66.4 Å². The summed E-state index contributed by atoms with van der Waals surface area (Å²) in [5, 5.41) is 16.0. The first kappa shape index (κ1) is 31.2. The molecule has 0 saturated carbocycles. The van der Waals surface area contributed by atoms with E-state index in [-0.39, 0.29) is 36.7 Å². The fraction of sp³-hybridized carbons (Fsp3) is 0.913. The molecular formula is C23H48IN5O3. The number of halogens is 1. The zero-order chi connectivity index (χ0) is 23.3. The number of aliphatic imine (C=N–C) groups is 1. The molecule has 8 nitrogen and oxygen atoms in total. The molecule has 0 aliphatic carbocycles. The third-order valence-corrected chi connectivity index (χ3v) is 5.16. The second-order valence-corrected chi connectivity index (χ2v) is 9.82. The smallest absolute Gasteiger partial charge is 0.410 e. The van der Waals surface area contributed by atoms with E-state index in [2.05, 4.69) is 36.3 Å². The van der Waals surface area contributed by atoms with Crippen LogP contribution < -0.4 is 10.6 Å². The van der Waals surface area contributed by atoms with Crippen molar-refractivity contribution in [2.24, 2.45) is 16.8 Å². The second kappa shape index (κ2) is 16.7. The van der Waals surface area contributed by atoms with Crippen LogP contribution in [0.4, 0.5) is 4.79 Å². The summed E-state index contributed by atoms with van der Waals surface area (Å²) >= 11 is 0. The minimum Gasteiger partial charge on any atom is -0.444 e. The van der Waals surface area contributed by atoms with Crippen molar-refractivity contribution in [1.29, 1.82) is 0 Å². The van der Waals surface area contributed by atoms with Crippen LogP contribution in [0.25, 0.3) is 0 Å². The molecule has 9 heteroatoms. The molecule has 1 saturated heterocycles. The zero-order valence-electron chi connectivity index (χ0n) is 21.2. The number of aliphatic hydroxyl groups is 1. The number of nitrogens with one attached hydrogen (secondary N) is 2. The highest BCUT2D eigenvalue weighted by molar-refractivity contribution is 14.0. The highest BCUT2D eigenvalue weighted by Crippen LogP contribution is 2.15. The molecule has 0 aromatic rings. The fourth-order valence-corrected chi connectivity index (χ4v) is 3.69. The lowest BCUT2D eigenvalue weighted by Gasteiger charge is -2.35. The molecule has 1 rings (SSSR count). The van der Waals surface area contributed by atoms with E-state index in [4.69, 9.17) is 9.73 Å². The minimum atomic E-state index is -0.446. The highest BCUT2D eigenvalue weighted by atomic mass is 127. The molecule has 1 aliphatic heterocycles. The summed E-state index contributed by atoms with van der Waals surface area (Å²) in [6, 6.07) is 0. The number of rotatable bonds is 11. The van der Waals surface area contributed by atoms with Gasteiger partial charge in [-0.2, -0.15) is 0 Å². The molecule has 1 fully saturated rings. The lowest BCUT2D eigenvalue weighted by atomic mass is 9.94. The van der Waals surface area contributed by atoms with Crippen LogP contribution in [0.5, 0.6) is 0 Å². The van der Waals surface area contributed by atoms with Crippen molar-refractivity contribution in [3.8, 4) is 0 Å². The predicted octanol–water partition coefficient (Wildman–Crippen LogP) is 3.15. The second-order valence-electron chi connectivity index (χ2n) is 9.82. The summed E-state index contributed by atoms with van der Waals surface area (Å²) in [6.45, 7) is 19.0. The van der Waals surface area contributed by atoms with Crippen molar-refractivity contribution in [3.05, 3.63) is 0 Å². The average Bonchev–Trinajstić information content (AvgIpc) is 2.68. The Bertz CT molecular complexity index is 532. The van der Waals surface area contributed by atoms with Gasteiger partial charge in [-0.3, -0.25) is 9.89 Å². The zero-order valence-corrected chi connectivity index (χ0v) is 23.5. The molecule has 0 aromatic carbocycles. The Hall–Kier alpha value is -0.810. The van der Waals surface area contributed by atoms with Crippen molar-refractivity contribution < 1.29 is 14.6 Å². The van der Waals surface area contributed by atoms with E-state index in [1.54, 1.807) is 4.90 Å². The lowest BCUT2D eigenvalue weighted by molar-refractivity contribution is 0.0145. The molecule has 3 N–H and O–H groups in total. The van der Waals surface area contributed by atoms with E-state index in [1.165, 1.54) is 0 Å². The van der Waals surface area contributed by atoms with Gasteiger partial charge in [-0.1, -0.05) is 13.8 Å². The Morgan fingerprint density at radius 3 is 2.34 bits per heavy atom. The van der Waals surface area contributed by atoms with E-state index in [0.29, 0.717) is 24.9 Å². The minimum absolute atomic E-state index is 0. The molecule has 1 unspecified atom stereocenters. The molecule has 190 valence electrons. The number of aliphatic hydroxyl groups excluding tert-OH is 1. The number of hydrogen-bond donors (Lipinski definition) is 3. The number of ether oxygens (including phenoxy) is 1. The number of piperazine rings is 1. The summed E-state index contributed by atoms with van der Waals surface area (Å²) in [6.07, 6.45) is 2.69. The van der Waals surface area contributed by atoms with Crippen molar-refractivity contribution in [1.82, 2.24) is 20.4 Å². The van der Waals surface area contributed by atoms with E-state index in [0.717, 1.165) is 64.5 Å². The monoisotopic (exact) mass is 569 g/mol. The maximum Gasteiger partial charge on any atom is 0.410 e. The molecule has 0 bridgehead atoms. The van der Waals surface area contributed by atoms with Gasteiger partial charge >= 0.3 is 6.09 Å². The molecule has 0 aromatic heterocycles.